The van der Waals surface area contributed by atoms with Crippen LogP contribution in [0.1, 0.15) is 40.3 Å². The Labute approximate surface area is 123 Å². The fourth-order valence-electron chi connectivity index (χ4n) is 1.26. The summed E-state index contributed by atoms with van der Waals surface area (Å²) in [5, 5.41) is 1.37. The van der Waals surface area contributed by atoms with Crippen molar-refractivity contribution < 1.29 is 17.9 Å². The SMILES string of the molecule is CCOC(=O)C(C)(C)c1csc(NS(=O)(=O)C(C)C)n1. The minimum atomic E-state index is -3.43. The Kier molecular flexibility index (Phi) is 5.15. The zero-order valence-corrected chi connectivity index (χ0v) is 13.9. The van der Waals surface area contributed by atoms with Crippen LogP contribution in [0.25, 0.3) is 0 Å². The van der Waals surface area contributed by atoms with E-state index in [4.69, 9.17) is 4.74 Å². The van der Waals surface area contributed by atoms with Crippen LogP contribution in [-0.2, 0) is 25.0 Å². The summed E-state index contributed by atoms with van der Waals surface area (Å²) in [7, 11) is -3.43. The van der Waals surface area contributed by atoms with Crippen molar-refractivity contribution in [2.75, 3.05) is 11.3 Å². The van der Waals surface area contributed by atoms with Crippen molar-refractivity contribution in [2.24, 2.45) is 0 Å². The molecule has 0 fully saturated rings. The number of ether oxygens (including phenoxy) is 1. The monoisotopic (exact) mass is 320 g/mol. The number of anilines is 1. The normalized spacial score (nSPS) is 12.5. The van der Waals surface area contributed by atoms with Gasteiger partial charge in [-0.05, 0) is 34.6 Å². The van der Waals surface area contributed by atoms with Gasteiger partial charge in [0.1, 0.15) is 5.41 Å². The van der Waals surface area contributed by atoms with Crippen molar-refractivity contribution >= 4 is 32.5 Å². The van der Waals surface area contributed by atoms with Gasteiger partial charge in [-0.3, -0.25) is 9.52 Å². The molecular formula is C12H20N2O4S2. The lowest BCUT2D eigenvalue weighted by atomic mass is 9.90. The molecule has 0 saturated carbocycles. The summed E-state index contributed by atoms with van der Waals surface area (Å²) in [6.07, 6.45) is 0. The molecule has 0 radical (unpaired) electrons. The second-order valence-electron chi connectivity index (χ2n) is 5.08. The van der Waals surface area contributed by atoms with E-state index >= 15 is 0 Å². The number of thiazole rings is 1. The van der Waals surface area contributed by atoms with Crippen molar-refractivity contribution in [1.82, 2.24) is 4.98 Å². The standard InChI is InChI=1S/C12H20N2O4S2/c1-6-18-10(15)12(4,5)9-7-19-11(13-9)14-20(16,17)8(2)3/h7-8H,6H2,1-5H3,(H,13,14). The van der Waals surface area contributed by atoms with Crippen LogP contribution in [0.2, 0.25) is 0 Å². The third-order valence-electron chi connectivity index (χ3n) is 2.78. The molecule has 1 aromatic rings. The van der Waals surface area contributed by atoms with E-state index in [1.807, 2.05) is 0 Å². The van der Waals surface area contributed by atoms with Gasteiger partial charge in [0, 0.05) is 5.38 Å². The van der Waals surface area contributed by atoms with Gasteiger partial charge in [-0.15, -0.1) is 11.3 Å². The third-order valence-corrected chi connectivity index (χ3v) is 5.39. The molecule has 0 spiro atoms. The average Bonchev–Trinajstić information content (AvgIpc) is 2.77. The minimum Gasteiger partial charge on any atom is -0.465 e. The highest BCUT2D eigenvalue weighted by molar-refractivity contribution is 7.93. The molecule has 0 aliphatic rings. The lowest BCUT2D eigenvalue weighted by Crippen LogP contribution is -2.31. The molecule has 1 rings (SSSR count). The molecule has 6 nitrogen and oxygen atoms in total. The van der Waals surface area contributed by atoms with Crippen molar-refractivity contribution in [1.29, 1.82) is 0 Å². The third kappa shape index (κ3) is 3.69. The summed E-state index contributed by atoms with van der Waals surface area (Å²) < 4.78 is 30.9. The summed E-state index contributed by atoms with van der Waals surface area (Å²) in [5.41, 5.74) is -0.420. The van der Waals surface area contributed by atoms with Gasteiger partial charge in [-0.1, -0.05) is 0 Å². The Hall–Kier alpha value is -1.15. The van der Waals surface area contributed by atoms with E-state index in [-0.39, 0.29) is 11.1 Å². The molecule has 114 valence electrons. The Morgan fingerprint density at radius 2 is 2.10 bits per heavy atom. The summed E-state index contributed by atoms with van der Waals surface area (Å²) in [6, 6.07) is 0. The first-order valence-electron chi connectivity index (χ1n) is 6.26. The fourth-order valence-corrected chi connectivity index (χ4v) is 3.05. The number of hydrogen-bond donors (Lipinski definition) is 1. The number of carbonyl (C=O) groups is 1. The van der Waals surface area contributed by atoms with Crippen LogP contribution in [0.5, 0.6) is 0 Å². The van der Waals surface area contributed by atoms with Crippen LogP contribution >= 0.6 is 11.3 Å². The van der Waals surface area contributed by atoms with Crippen LogP contribution < -0.4 is 4.72 Å². The Morgan fingerprint density at radius 1 is 1.50 bits per heavy atom. The summed E-state index contributed by atoms with van der Waals surface area (Å²) in [6.45, 7) is 8.58. The van der Waals surface area contributed by atoms with Crippen LogP contribution in [0.15, 0.2) is 5.38 Å². The average molecular weight is 320 g/mol. The summed E-state index contributed by atoms with van der Waals surface area (Å²) in [5.74, 6) is -0.386. The highest BCUT2D eigenvalue weighted by atomic mass is 32.2. The predicted molar refractivity (Wildman–Crippen MR) is 79.5 cm³/mol. The quantitative estimate of drug-likeness (QED) is 0.812. The van der Waals surface area contributed by atoms with E-state index in [0.717, 1.165) is 11.3 Å². The van der Waals surface area contributed by atoms with Crippen LogP contribution in [0.3, 0.4) is 0 Å². The number of aromatic nitrogens is 1. The minimum absolute atomic E-state index is 0.256. The second-order valence-corrected chi connectivity index (χ2v) is 8.17. The molecule has 0 saturated heterocycles. The van der Waals surface area contributed by atoms with E-state index in [0.29, 0.717) is 12.3 Å². The number of carbonyl (C=O) groups excluding carboxylic acids is 1. The maximum atomic E-state index is 11.9. The number of nitrogens with zero attached hydrogens (tertiary/aromatic N) is 1. The van der Waals surface area contributed by atoms with Crippen molar-refractivity contribution in [3.63, 3.8) is 0 Å². The lowest BCUT2D eigenvalue weighted by Gasteiger charge is -2.19. The molecular weight excluding hydrogens is 300 g/mol. The molecule has 0 unspecified atom stereocenters. The molecule has 8 heteroatoms. The number of rotatable bonds is 6. The first-order valence-corrected chi connectivity index (χ1v) is 8.68. The van der Waals surface area contributed by atoms with Gasteiger partial charge in [0.25, 0.3) is 0 Å². The van der Waals surface area contributed by atoms with Gasteiger partial charge in [-0.25, -0.2) is 13.4 Å². The zero-order chi connectivity index (χ0) is 15.6. The van der Waals surface area contributed by atoms with Crippen molar-refractivity contribution in [3.05, 3.63) is 11.1 Å². The van der Waals surface area contributed by atoms with E-state index < -0.39 is 20.7 Å². The maximum Gasteiger partial charge on any atom is 0.317 e. The van der Waals surface area contributed by atoms with E-state index in [1.54, 1.807) is 40.0 Å². The van der Waals surface area contributed by atoms with Gasteiger partial charge in [-0.2, -0.15) is 0 Å². The molecule has 0 amide bonds. The number of nitrogens with one attached hydrogen (secondary N) is 1. The largest absolute Gasteiger partial charge is 0.465 e. The molecule has 0 bridgehead atoms. The van der Waals surface area contributed by atoms with Crippen LogP contribution in [0, 0.1) is 0 Å². The number of sulfonamides is 1. The summed E-state index contributed by atoms with van der Waals surface area (Å²) >= 11 is 1.15. The zero-order valence-electron chi connectivity index (χ0n) is 12.3. The van der Waals surface area contributed by atoms with Crippen LogP contribution in [-0.4, -0.2) is 31.2 Å². The van der Waals surface area contributed by atoms with Gasteiger partial charge < -0.3 is 4.74 Å². The topological polar surface area (TPSA) is 85.4 Å². The molecule has 1 aromatic heterocycles. The fraction of sp³-hybridized carbons (Fsp3) is 0.667. The molecule has 0 aliphatic heterocycles. The first-order chi connectivity index (χ1) is 9.11. The van der Waals surface area contributed by atoms with Crippen molar-refractivity contribution in [3.8, 4) is 0 Å². The molecule has 0 atom stereocenters. The second kappa shape index (κ2) is 6.09. The lowest BCUT2D eigenvalue weighted by molar-refractivity contribution is -0.148. The van der Waals surface area contributed by atoms with Crippen molar-refractivity contribution in [2.45, 2.75) is 45.3 Å². The molecule has 0 aliphatic carbocycles. The van der Waals surface area contributed by atoms with E-state index in [1.165, 1.54) is 0 Å². The van der Waals surface area contributed by atoms with Gasteiger partial charge in [0.15, 0.2) is 5.13 Å². The Morgan fingerprint density at radius 3 is 2.60 bits per heavy atom. The van der Waals surface area contributed by atoms with Gasteiger partial charge in [0.2, 0.25) is 10.0 Å². The predicted octanol–water partition coefficient (Wildman–Crippen LogP) is 2.13. The van der Waals surface area contributed by atoms with Gasteiger partial charge in [0.05, 0.1) is 17.6 Å². The van der Waals surface area contributed by atoms with Gasteiger partial charge >= 0.3 is 5.97 Å². The molecule has 1 heterocycles. The highest BCUT2D eigenvalue weighted by Gasteiger charge is 2.34. The maximum absolute atomic E-state index is 11.9. The first kappa shape index (κ1) is 16.9. The van der Waals surface area contributed by atoms with Crippen LogP contribution in [0.4, 0.5) is 5.13 Å². The Balaban J connectivity index is 2.95. The molecule has 1 N–H and O–H groups in total. The number of hydrogen-bond acceptors (Lipinski definition) is 6. The number of esters is 1. The van der Waals surface area contributed by atoms with E-state index in [2.05, 4.69) is 9.71 Å². The highest BCUT2D eigenvalue weighted by Crippen LogP contribution is 2.29. The summed E-state index contributed by atoms with van der Waals surface area (Å²) in [4.78, 5) is 16.1. The smallest absolute Gasteiger partial charge is 0.317 e. The van der Waals surface area contributed by atoms with E-state index in [9.17, 15) is 13.2 Å². The molecule has 0 aromatic carbocycles. The molecule has 20 heavy (non-hydrogen) atoms. The Bertz CT molecular complexity index is 576.